The highest BCUT2D eigenvalue weighted by atomic mass is 32.2. The summed E-state index contributed by atoms with van der Waals surface area (Å²) in [5, 5.41) is 1.89. The second-order valence-electron chi connectivity index (χ2n) is 8.43. The van der Waals surface area contributed by atoms with E-state index in [1.807, 2.05) is 31.2 Å². The highest BCUT2D eigenvalue weighted by molar-refractivity contribution is 8.00. The molecule has 2 atom stereocenters. The summed E-state index contributed by atoms with van der Waals surface area (Å²) in [6, 6.07) is 14.8. The molecule has 0 bridgehead atoms. The van der Waals surface area contributed by atoms with Crippen LogP contribution in [0.4, 0.5) is 5.69 Å². The maximum atomic E-state index is 13.5. The third-order valence-electron chi connectivity index (χ3n) is 6.23. The summed E-state index contributed by atoms with van der Waals surface area (Å²) in [4.78, 5) is 27.1. The van der Waals surface area contributed by atoms with Crippen molar-refractivity contribution >= 4 is 34.3 Å². The SMILES string of the molecule is Cc1ccc2c(c1)[C@H]1CN(C)CC[C@@H]1N2C(=O)CSc1nc(C)nc2ccccc12. The lowest BCUT2D eigenvalue weighted by Gasteiger charge is -2.36. The summed E-state index contributed by atoms with van der Waals surface area (Å²) in [6.45, 7) is 6.07. The molecule has 5 nitrogen and oxygen atoms in total. The Balaban J connectivity index is 1.43. The highest BCUT2D eigenvalue weighted by Gasteiger charge is 2.43. The van der Waals surface area contributed by atoms with Gasteiger partial charge in [0.1, 0.15) is 10.9 Å². The first-order valence-electron chi connectivity index (χ1n) is 10.5. The molecule has 0 saturated carbocycles. The molecule has 0 radical (unpaired) electrons. The van der Waals surface area contributed by atoms with Gasteiger partial charge in [0.25, 0.3) is 0 Å². The van der Waals surface area contributed by atoms with E-state index in [9.17, 15) is 4.79 Å². The number of nitrogens with zero attached hydrogens (tertiary/aromatic N) is 4. The van der Waals surface area contributed by atoms with Crippen molar-refractivity contribution < 1.29 is 4.79 Å². The molecule has 2 aliphatic rings. The molecule has 30 heavy (non-hydrogen) atoms. The van der Waals surface area contributed by atoms with Crippen LogP contribution in [0.3, 0.4) is 0 Å². The summed E-state index contributed by atoms with van der Waals surface area (Å²) < 4.78 is 0. The Labute approximate surface area is 181 Å². The Morgan fingerprint density at radius 1 is 1.17 bits per heavy atom. The minimum Gasteiger partial charge on any atom is -0.308 e. The number of aromatic nitrogens is 2. The Bertz CT molecular complexity index is 1130. The zero-order valence-electron chi connectivity index (χ0n) is 17.6. The number of benzene rings is 2. The monoisotopic (exact) mass is 418 g/mol. The molecule has 0 spiro atoms. The molecule has 1 saturated heterocycles. The molecule has 1 fully saturated rings. The number of anilines is 1. The Kier molecular flexibility index (Phi) is 4.99. The van der Waals surface area contributed by atoms with E-state index in [1.54, 1.807) is 0 Å². The number of carbonyl (C=O) groups is 1. The van der Waals surface area contributed by atoms with Crippen molar-refractivity contribution in [2.45, 2.75) is 37.3 Å². The molecule has 2 aliphatic heterocycles. The van der Waals surface area contributed by atoms with Crippen LogP contribution >= 0.6 is 11.8 Å². The second-order valence-corrected chi connectivity index (χ2v) is 9.40. The van der Waals surface area contributed by atoms with E-state index in [2.05, 4.69) is 51.9 Å². The number of piperidine rings is 1. The van der Waals surface area contributed by atoms with E-state index < -0.39 is 0 Å². The van der Waals surface area contributed by atoms with Crippen LogP contribution in [0, 0.1) is 13.8 Å². The van der Waals surface area contributed by atoms with Gasteiger partial charge in [0, 0.05) is 29.6 Å². The normalized spacial score (nSPS) is 21.0. The highest BCUT2D eigenvalue weighted by Crippen LogP contribution is 2.45. The smallest absolute Gasteiger partial charge is 0.237 e. The first kappa shape index (κ1) is 19.5. The third-order valence-corrected chi connectivity index (χ3v) is 7.21. The second kappa shape index (κ2) is 7.67. The molecule has 1 aromatic heterocycles. The molecule has 3 aromatic rings. The molecule has 5 rings (SSSR count). The van der Waals surface area contributed by atoms with E-state index in [-0.39, 0.29) is 11.9 Å². The van der Waals surface area contributed by atoms with Crippen LogP contribution in [0.5, 0.6) is 0 Å². The fourth-order valence-electron chi connectivity index (χ4n) is 4.87. The standard InChI is InChI=1S/C24H26N4OS/c1-15-8-9-21-18(12-15)19-13-27(3)11-10-22(19)28(21)23(29)14-30-24-17-6-4-5-7-20(17)25-16(2)26-24/h4-9,12,19,22H,10-11,13-14H2,1-3H3/t19-,22+/m1/s1. The van der Waals surface area contributed by atoms with Crippen LogP contribution in [0.2, 0.25) is 0 Å². The topological polar surface area (TPSA) is 49.3 Å². The van der Waals surface area contributed by atoms with Crippen molar-refractivity contribution in [2.75, 3.05) is 30.8 Å². The van der Waals surface area contributed by atoms with Gasteiger partial charge in [-0.25, -0.2) is 9.97 Å². The van der Waals surface area contributed by atoms with Crippen molar-refractivity contribution in [3.05, 3.63) is 59.4 Å². The molecular formula is C24H26N4OS. The van der Waals surface area contributed by atoms with Crippen LogP contribution < -0.4 is 4.90 Å². The lowest BCUT2D eigenvalue weighted by molar-refractivity contribution is -0.116. The van der Waals surface area contributed by atoms with Crippen molar-refractivity contribution in [1.82, 2.24) is 14.9 Å². The number of hydrogen-bond acceptors (Lipinski definition) is 5. The lowest BCUT2D eigenvalue weighted by Crippen LogP contribution is -2.47. The molecule has 2 aromatic carbocycles. The van der Waals surface area contributed by atoms with Gasteiger partial charge in [-0.3, -0.25) is 4.79 Å². The summed E-state index contributed by atoms with van der Waals surface area (Å²) in [5.74, 6) is 1.69. The van der Waals surface area contributed by atoms with Gasteiger partial charge in [0.05, 0.1) is 11.3 Å². The van der Waals surface area contributed by atoms with E-state index in [0.29, 0.717) is 11.7 Å². The van der Waals surface area contributed by atoms with Gasteiger partial charge in [-0.15, -0.1) is 0 Å². The number of aryl methyl sites for hydroxylation is 2. The Hall–Kier alpha value is -2.44. The van der Waals surface area contributed by atoms with Crippen LogP contribution in [0.15, 0.2) is 47.5 Å². The molecule has 0 N–H and O–H groups in total. The number of likely N-dealkylation sites (tertiary alicyclic amines) is 1. The molecule has 0 unspecified atom stereocenters. The maximum Gasteiger partial charge on any atom is 0.237 e. The number of likely N-dealkylation sites (N-methyl/N-ethyl adjacent to an activating group) is 1. The summed E-state index contributed by atoms with van der Waals surface area (Å²) >= 11 is 1.52. The largest absolute Gasteiger partial charge is 0.308 e. The van der Waals surface area contributed by atoms with Gasteiger partial charge in [-0.1, -0.05) is 47.7 Å². The van der Waals surface area contributed by atoms with E-state index >= 15 is 0 Å². The number of hydrogen-bond donors (Lipinski definition) is 0. The lowest BCUT2D eigenvalue weighted by atomic mass is 9.89. The molecule has 6 heteroatoms. The molecule has 154 valence electrons. The average molecular weight is 419 g/mol. The van der Waals surface area contributed by atoms with E-state index in [4.69, 9.17) is 0 Å². The maximum absolute atomic E-state index is 13.5. The van der Waals surface area contributed by atoms with Crippen molar-refractivity contribution in [3.63, 3.8) is 0 Å². The van der Waals surface area contributed by atoms with Gasteiger partial charge in [-0.05, 0) is 51.6 Å². The first-order chi connectivity index (χ1) is 14.5. The number of fused-ring (bicyclic) bond motifs is 4. The zero-order valence-corrected chi connectivity index (χ0v) is 18.4. The van der Waals surface area contributed by atoms with Gasteiger partial charge in [0.15, 0.2) is 0 Å². The number of thioether (sulfide) groups is 1. The zero-order chi connectivity index (χ0) is 20.8. The van der Waals surface area contributed by atoms with E-state index in [1.165, 1.54) is 22.9 Å². The first-order valence-corrected chi connectivity index (χ1v) is 11.5. The van der Waals surface area contributed by atoms with Crippen molar-refractivity contribution in [1.29, 1.82) is 0 Å². The minimum absolute atomic E-state index is 0.169. The van der Waals surface area contributed by atoms with Crippen LogP contribution in [-0.2, 0) is 4.79 Å². The van der Waals surface area contributed by atoms with Crippen molar-refractivity contribution in [2.24, 2.45) is 0 Å². The summed E-state index contributed by atoms with van der Waals surface area (Å²) in [7, 11) is 2.18. The van der Waals surface area contributed by atoms with Gasteiger partial charge >= 0.3 is 0 Å². The Morgan fingerprint density at radius 2 is 2.00 bits per heavy atom. The number of para-hydroxylation sites is 1. The number of amides is 1. The summed E-state index contributed by atoms with van der Waals surface area (Å²) in [5.41, 5.74) is 4.61. The van der Waals surface area contributed by atoms with Crippen LogP contribution in [0.25, 0.3) is 10.9 Å². The molecule has 1 amide bonds. The van der Waals surface area contributed by atoms with Crippen molar-refractivity contribution in [3.8, 4) is 0 Å². The summed E-state index contributed by atoms with van der Waals surface area (Å²) in [6.07, 6.45) is 1.01. The number of carbonyl (C=O) groups excluding carboxylic acids is 1. The quantitative estimate of drug-likeness (QED) is 0.472. The Morgan fingerprint density at radius 3 is 2.87 bits per heavy atom. The molecule has 3 heterocycles. The predicted molar refractivity (Wildman–Crippen MR) is 122 cm³/mol. The van der Waals surface area contributed by atoms with E-state index in [0.717, 1.165) is 47.0 Å². The van der Waals surface area contributed by atoms with Gasteiger partial charge in [-0.2, -0.15) is 0 Å². The van der Waals surface area contributed by atoms with Gasteiger partial charge in [0.2, 0.25) is 5.91 Å². The number of rotatable bonds is 3. The third kappa shape index (κ3) is 3.38. The average Bonchev–Trinajstić information content (AvgIpc) is 3.04. The van der Waals surface area contributed by atoms with Gasteiger partial charge < -0.3 is 9.80 Å². The predicted octanol–water partition coefficient (Wildman–Crippen LogP) is 4.17. The molecular weight excluding hydrogens is 392 g/mol. The molecule has 0 aliphatic carbocycles. The minimum atomic E-state index is 0.169. The van der Waals surface area contributed by atoms with Crippen LogP contribution in [-0.4, -0.2) is 52.7 Å². The van der Waals surface area contributed by atoms with Crippen LogP contribution in [0.1, 0.15) is 29.3 Å². The fourth-order valence-corrected chi connectivity index (χ4v) is 5.80. The fraction of sp³-hybridized carbons (Fsp3) is 0.375.